The summed E-state index contributed by atoms with van der Waals surface area (Å²) in [6.45, 7) is 1.97. The molecule has 2 rings (SSSR count). The predicted octanol–water partition coefficient (Wildman–Crippen LogP) is 1.92. The Kier molecular flexibility index (Phi) is 4.43. The zero-order valence-corrected chi connectivity index (χ0v) is 11.8. The standard InChI is InChI=1S/C12H14F4N2O2S/c13-9-2-3-10(18-6-1-4-17-5-7-18)11(8-9)21(19,20)12(14,15)16/h2-3,8,17H,1,4-7H2. The molecule has 4 nitrogen and oxygen atoms in total. The molecule has 0 aliphatic carbocycles. The van der Waals surface area contributed by atoms with Gasteiger partial charge in [-0.25, -0.2) is 12.8 Å². The van der Waals surface area contributed by atoms with Gasteiger partial charge in [0.15, 0.2) is 0 Å². The third-order valence-electron chi connectivity index (χ3n) is 3.20. The molecule has 1 N–H and O–H groups in total. The molecule has 1 fully saturated rings. The van der Waals surface area contributed by atoms with E-state index in [1.807, 2.05) is 0 Å². The van der Waals surface area contributed by atoms with Crippen LogP contribution in [0.1, 0.15) is 6.42 Å². The molecule has 0 atom stereocenters. The first-order valence-corrected chi connectivity index (χ1v) is 7.78. The minimum atomic E-state index is -5.59. The van der Waals surface area contributed by atoms with E-state index in [1.165, 1.54) is 4.90 Å². The van der Waals surface area contributed by atoms with Crippen LogP contribution in [0.4, 0.5) is 23.2 Å². The van der Waals surface area contributed by atoms with Crippen molar-refractivity contribution in [2.45, 2.75) is 16.8 Å². The van der Waals surface area contributed by atoms with E-state index < -0.39 is 26.1 Å². The number of benzene rings is 1. The number of hydrogen-bond donors (Lipinski definition) is 1. The Balaban J connectivity index is 2.52. The summed E-state index contributed by atoms with van der Waals surface area (Å²) in [4.78, 5) is 0.495. The summed E-state index contributed by atoms with van der Waals surface area (Å²) in [7, 11) is -5.59. The molecule has 0 radical (unpaired) electrons. The highest BCUT2D eigenvalue weighted by atomic mass is 32.2. The first-order valence-electron chi connectivity index (χ1n) is 6.30. The zero-order valence-electron chi connectivity index (χ0n) is 11.0. The number of anilines is 1. The number of hydrogen-bond acceptors (Lipinski definition) is 4. The fourth-order valence-corrected chi connectivity index (χ4v) is 3.17. The summed E-state index contributed by atoms with van der Waals surface area (Å²) in [5, 5.41) is 3.06. The number of sulfone groups is 1. The van der Waals surface area contributed by atoms with Crippen molar-refractivity contribution in [2.24, 2.45) is 0 Å². The van der Waals surface area contributed by atoms with Gasteiger partial charge in [0.2, 0.25) is 0 Å². The van der Waals surface area contributed by atoms with Gasteiger partial charge in [0.05, 0.1) is 5.69 Å². The lowest BCUT2D eigenvalue weighted by atomic mass is 10.2. The Bertz CT molecular complexity index is 608. The maximum Gasteiger partial charge on any atom is 0.501 e. The van der Waals surface area contributed by atoms with E-state index in [1.54, 1.807) is 0 Å². The van der Waals surface area contributed by atoms with E-state index in [0.29, 0.717) is 38.7 Å². The van der Waals surface area contributed by atoms with Crippen molar-refractivity contribution in [1.82, 2.24) is 5.32 Å². The Morgan fingerprint density at radius 2 is 1.86 bits per heavy atom. The number of nitrogens with one attached hydrogen (secondary N) is 1. The molecule has 1 aromatic rings. The first-order chi connectivity index (χ1) is 9.73. The lowest BCUT2D eigenvalue weighted by molar-refractivity contribution is -0.0435. The van der Waals surface area contributed by atoms with Crippen molar-refractivity contribution >= 4 is 15.5 Å². The Labute approximate surface area is 119 Å². The summed E-state index contributed by atoms with van der Waals surface area (Å²) in [6, 6.07) is 2.47. The van der Waals surface area contributed by atoms with Crippen LogP contribution in [0.15, 0.2) is 23.1 Å². The van der Waals surface area contributed by atoms with E-state index in [9.17, 15) is 26.0 Å². The summed E-state index contributed by atoms with van der Waals surface area (Å²) in [5.41, 5.74) is -5.57. The van der Waals surface area contributed by atoms with Gasteiger partial charge in [-0.2, -0.15) is 13.2 Å². The highest BCUT2D eigenvalue weighted by Gasteiger charge is 2.48. The Morgan fingerprint density at radius 3 is 2.52 bits per heavy atom. The second kappa shape index (κ2) is 5.80. The van der Waals surface area contributed by atoms with E-state index in [0.717, 1.165) is 12.1 Å². The molecule has 1 aliphatic rings. The highest BCUT2D eigenvalue weighted by molar-refractivity contribution is 7.92. The quantitative estimate of drug-likeness (QED) is 0.844. The highest BCUT2D eigenvalue weighted by Crippen LogP contribution is 2.36. The van der Waals surface area contributed by atoms with Crippen LogP contribution in [0.25, 0.3) is 0 Å². The molecule has 1 saturated heterocycles. The molecule has 1 aliphatic heterocycles. The molecule has 0 unspecified atom stereocenters. The average Bonchev–Trinajstić information content (AvgIpc) is 2.66. The minimum Gasteiger partial charge on any atom is -0.369 e. The predicted molar refractivity (Wildman–Crippen MR) is 69.3 cm³/mol. The fraction of sp³-hybridized carbons (Fsp3) is 0.500. The molecule has 0 saturated carbocycles. The van der Waals surface area contributed by atoms with Crippen LogP contribution in [-0.2, 0) is 9.84 Å². The smallest absolute Gasteiger partial charge is 0.369 e. The molecule has 1 heterocycles. The van der Waals surface area contributed by atoms with Crippen molar-refractivity contribution in [3.8, 4) is 0 Å². The van der Waals surface area contributed by atoms with Crippen LogP contribution < -0.4 is 10.2 Å². The van der Waals surface area contributed by atoms with Crippen molar-refractivity contribution in [2.75, 3.05) is 31.1 Å². The normalized spacial score (nSPS) is 17.6. The molecular formula is C12H14F4N2O2S. The summed E-state index contributed by atoms with van der Waals surface area (Å²) in [6.07, 6.45) is 0.656. The lowest BCUT2D eigenvalue weighted by Gasteiger charge is -2.25. The second-order valence-corrected chi connectivity index (χ2v) is 6.56. The van der Waals surface area contributed by atoms with Crippen LogP contribution >= 0.6 is 0 Å². The summed E-state index contributed by atoms with van der Waals surface area (Å²) < 4.78 is 74.7. The van der Waals surface area contributed by atoms with Gasteiger partial charge in [-0.3, -0.25) is 0 Å². The molecular weight excluding hydrogens is 312 g/mol. The Hall–Kier alpha value is -1.35. The molecule has 21 heavy (non-hydrogen) atoms. The van der Waals surface area contributed by atoms with E-state index in [2.05, 4.69) is 5.32 Å². The van der Waals surface area contributed by atoms with Crippen molar-refractivity contribution in [3.63, 3.8) is 0 Å². The molecule has 0 amide bonds. The van der Waals surface area contributed by atoms with Crippen LogP contribution in [0.5, 0.6) is 0 Å². The molecule has 1 aromatic carbocycles. The summed E-state index contributed by atoms with van der Waals surface area (Å²) >= 11 is 0. The zero-order chi connectivity index (χ0) is 15.7. The van der Waals surface area contributed by atoms with Gasteiger partial charge in [0.25, 0.3) is 9.84 Å². The average molecular weight is 326 g/mol. The second-order valence-electron chi connectivity index (χ2n) is 4.65. The van der Waals surface area contributed by atoms with Crippen molar-refractivity contribution < 1.29 is 26.0 Å². The van der Waals surface area contributed by atoms with Gasteiger partial charge in [-0.1, -0.05) is 0 Å². The lowest BCUT2D eigenvalue weighted by Crippen LogP contribution is -2.31. The SMILES string of the molecule is O=S(=O)(c1cc(F)ccc1N1CCCNCC1)C(F)(F)F. The molecule has 0 aromatic heterocycles. The fourth-order valence-electron chi connectivity index (χ4n) is 2.18. The van der Waals surface area contributed by atoms with Gasteiger partial charge in [0, 0.05) is 19.6 Å². The van der Waals surface area contributed by atoms with Crippen LogP contribution in [0, 0.1) is 5.82 Å². The van der Waals surface area contributed by atoms with E-state index >= 15 is 0 Å². The van der Waals surface area contributed by atoms with Gasteiger partial charge in [-0.05, 0) is 31.2 Å². The van der Waals surface area contributed by atoms with Crippen molar-refractivity contribution in [3.05, 3.63) is 24.0 Å². The van der Waals surface area contributed by atoms with Crippen molar-refractivity contribution in [1.29, 1.82) is 0 Å². The number of halogens is 4. The Morgan fingerprint density at radius 1 is 1.14 bits per heavy atom. The van der Waals surface area contributed by atoms with Crippen LogP contribution in [0.3, 0.4) is 0 Å². The van der Waals surface area contributed by atoms with Crippen LogP contribution in [0.2, 0.25) is 0 Å². The molecule has 0 spiro atoms. The minimum absolute atomic E-state index is 0.113. The van der Waals surface area contributed by atoms with Crippen LogP contribution in [-0.4, -0.2) is 40.1 Å². The number of alkyl halides is 3. The molecule has 118 valence electrons. The van der Waals surface area contributed by atoms with Gasteiger partial charge < -0.3 is 10.2 Å². The maximum atomic E-state index is 13.3. The van der Waals surface area contributed by atoms with Gasteiger partial charge >= 0.3 is 5.51 Å². The molecule has 9 heteroatoms. The topological polar surface area (TPSA) is 49.4 Å². The largest absolute Gasteiger partial charge is 0.501 e. The third kappa shape index (κ3) is 3.29. The molecule has 0 bridgehead atoms. The summed E-state index contributed by atoms with van der Waals surface area (Å²) in [5.74, 6) is -1.02. The first kappa shape index (κ1) is 16.0. The monoisotopic (exact) mass is 326 g/mol. The number of nitrogens with zero attached hydrogens (tertiary/aromatic N) is 1. The van der Waals surface area contributed by atoms with E-state index in [4.69, 9.17) is 0 Å². The van der Waals surface area contributed by atoms with Gasteiger partial charge in [-0.15, -0.1) is 0 Å². The maximum absolute atomic E-state index is 13.3. The third-order valence-corrected chi connectivity index (χ3v) is 4.71. The van der Waals surface area contributed by atoms with Gasteiger partial charge in [0.1, 0.15) is 10.7 Å². The van der Waals surface area contributed by atoms with E-state index in [-0.39, 0.29) is 5.69 Å². The number of rotatable bonds is 2.